The van der Waals surface area contributed by atoms with Crippen LogP contribution in [0.25, 0.3) is 16.6 Å². The third-order valence-electron chi connectivity index (χ3n) is 3.20. The second kappa shape index (κ2) is 4.33. The molecule has 3 rings (SSSR count). The fourth-order valence-corrected chi connectivity index (χ4v) is 2.28. The van der Waals surface area contributed by atoms with Gasteiger partial charge in [0.1, 0.15) is 5.75 Å². The summed E-state index contributed by atoms with van der Waals surface area (Å²) in [7, 11) is 0. The van der Waals surface area contributed by atoms with Crippen molar-refractivity contribution in [3.8, 4) is 17.3 Å². The van der Waals surface area contributed by atoms with Crippen LogP contribution < -0.4 is 0 Å². The predicted molar refractivity (Wildman–Crippen MR) is 72.5 cm³/mol. The Hall–Kier alpha value is -2.46. The number of hydrogen-bond donors (Lipinski definition) is 3. The van der Waals surface area contributed by atoms with E-state index in [2.05, 4.69) is 0 Å². The monoisotopic (exact) mass is 255 g/mol. The van der Waals surface area contributed by atoms with E-state index in [4.69, 9.17) is 0 Å². The van der Waals surface area contributed by atoms with Gasteiger partial charge >= 0.3 is 0 Å². The number of para-hydroxylation sites is 2. The van der Waals surface area contributed by atoms with Crippen molar-refractivity contribution in [3.63, 3.8) is 0 Å². The normalized spacial score (nSPS) is 11.0. The molecule has 0 fully saturated rings. The maximum Gasteiger partial charge on any atom is 0.196 e. The highest BCUT2D eigenvalue weighted by molar-refractivity contribution is 5.85. The van der Waals surface area contributed by atoms with E-state index in [0.29, 0.717) is 11.3 Å². The first-order valence-electron chi connectivity index (χ1n) is 5.94. The summed E-state index contributed by atoms with van der Waals surface area (Å²) in [6, 6.07) is 14.2. The van der Waals surface area contributed by atoms with Crippen LogP contribution in [0.1, 0.15) is 5.56 Å². The van der Waals surface area contributed by atoms with E-state index in [1.54, 1.807) is 28.8 Å². The Morgan fingerprint density at radius 2 is 1.74 bits per heavy atom. The quantitative estimate of drug-likeness (QED) is 0.659. The first-order chi connectivity index (χ1) is 9.22. The van der Waals surface area contributed by atoms with Gasteiger partial charge < -0.3 is 15.3 Å². The summed E-state index contributed by atoms with van der Waals surface area (Å²) in [5.74, 6) is 0.0215. The third-order valence-corrected chi connectivity index (χ3v) is 3.20. The molecule has 0 bridgehead atoms. The summed E-state index contributed by atoms with van der Waals surface area (Å²) < 4.78 is 1.56. The average molecular weight is 255 g/mol. The Morgan fingerprint density at radius 1 is 0.947 bits per heavy atom. The maximum atomic E-state index is 10.2. The molecule has 96 valence electrons. The van der Waals surface area contributed by atoms with Crippen molar-refractivity contribution in [2.45, 2.75) is 6.61 Å². The van der Waals surface area contributed by atoms with Crippen molar-refractivity contribution in [1.29, 1.82) is 0 Å². The molecule has 0 amide bonds. The Balaban J connectivity index is 2.33. The summed E-state index contributed by atoms with van der Waals surface area (Å²) in [6.45, 7) is -0.250. The highest BCUT2D eigenvalue weighted by Crippen LogP contribution is 2.34. The molecule has 4 heteroatoms. The lowest BCUT2D eigenvalue weighted by molar-refractivity contribution is 0.275. The number of aromatic nitrogens is 1. The minimum absolute atomic E-state index is 0.0262. The van der Waals surface area contributed by atoms with Crippen LogP contribution in [-0.4, -0.2) is 19.9 Å². The predicted octanol–water partition coefficient (Wildman–Crippen LogP) is 2.53. The average Bonchev–Trinajstić information content (AvgIpc) is 2.75. The van der Waals surface area contributed by atoms with Gasteiger partial charge in [-0.25, -0.2) is 0 Å². The molecule has 1 heterocycles. The summed E-state index contributed by atoms with van der Waals surface area (Å²) in [5.41, 5.74) is 1.67. The van der Waals surface area contributed by atoms with Gasteiger partial charge in [0.2, 0.25) is 0 Å². The Morgan fingerprint density at radius 3 is 2.53 bits per heavy atom. The SMILES string of the molecule is OCc1cccc(-n2c(O)cc3ccccc32)c1O. The lowest BCUT2D eigenvalue weighted by Crippen LogP contribution is -1.96. The standard InChI is InChI=1S/C15H13NO3/c17-9-11-5-3-7-13(15(11)19)16-12-6-2-1-4-10(12)8-14(16)18/h1-8,17-19H,9H2. The second-order valence-corrected chi connectivity index (χ2v) is 4.34. The molecule has 0 atom stereocenters. The van der Waals surface area contributed by atoms with Crippen LogP contribution in [0, 0.1) is 0 Å². The number of aromatic hydroxyl groups is 2. The van der Waals surface area contributed by atoms with Crippen LogP contribution in [0.4, 0.5) is 0 Å². The number of fused-ring (bicyclic) bond motifs is 1. The molecule has 3 aromatic rings. The molecule has 0 spiro atoms. The van der Waals surface area contributed by atoms with E-state index in [-0.39, 0.29) is 18.2 Å². The molecule has 0 radical (unpaired) electrons. The van der Waals surface area contributed by atoms with Gasteiger partial charge in [0, 0.05) is 17.0 Å². The Bertz CT molecular complexity index is 746. The van der Waals surface area contributed by atoms with E-state index in [1.807, 2.05) is 24.3 Å². The van der Waals surface area contributed by atoms with Gasteiger partial charge in [0.25, 0.3) is 0 Å². The molecular formula is C15H13NO3. The fourth-order valence-electron chi connectivity index (χ4n) is 2.28. The number of hydrogen-bond acceptors (Lipinski definition) is 3. The van der Waals surface area contributed by atoms with Crippen molar-refractivity contribution in [2.75, 3.05) is 0 Å². The topological polar surface area (TPSA) is 65.6 Å². The van der Waals surface area contributed by atoms with Crippen molar-refractivity contribution in [1.82, 2.24) is 4.57 Å². The molecule has 0 aliphatic carbocycles. The molecule has 1 aromatic heterocycles. The highest BCUT2D eigenvalue weighted by Gasteiger charge is 2.14. The van der Waals surface area contributed by atoms with E-state index in [1.165, 1.54) is 0 Å². The molecule has 2 aromatic carbocycles. The van der Waals surface area contributed by atoms with Crippen LogP contribution in [0.5, 0.6) is 11.6 Å². The molecule has 0 unspecified atom stereocenters. The number of rotatable bonds is 2. The van der Waals surface area contributed by atoms with Gasteiger partial charge in [-0.15, -0.1) is 0 Å². The van der Waals surface area contributed by atoms with Crippen molar-refractivity contribution in [3.05, 3.63) is 54.1 Å². The zero-order chi connectivity index (χ0) is 13.4. The largest absolute Gasteiger partial charge is 0.505 e. The lowest BCUT2D eigenvalue weighted by Gasteiger charge is -2.11. The van der Waals surface area contributed by atoms with Crippen LogP contribution in [0.2, 0.25) is 0 Å². The molecule has 0 aliphatic heterocycles. The molecule has 0 aliphatic rings. The zero-order valence-corrected chi connectivity index (χ0v) is 10.1. The van der Waals surface area contributed by atoms with Crippen molar-refractivity contribution in [2.24, 2.45) is 0 Å². The zero-order valence-electron chi connectivity index (χ0n) is 10.1. The fraction of sp³-hybridized carbons (Fsp3) is 0.0667. The van der Waals surface area contributed by atoms with Crippen LogP contribution in [-0.2, 0) is 6.61 Å². The summed E-state index contributed by atoms with van der Waals surface area (Å²) in [5, 5.41) is 30.3. The Labute approximate surface area is 109 Å². The first kappa shape index (κ1) is 11.6. The number of benzene rings is 2. The van der Waals surface area contributed by atoms with Crippen LogP contribution in [0.3, 0.4) is 0 Å². The summed E-state index contributed by atoms with van der Waals surface area (Å²) in [4.78, 5) is 0. The number of aliphatic hydroxyl groups excluding tert-OH is 1. The van der Waals surface area contributed by atoms with E-state index >= 15 is 0 Å². The van der Waals surface area contributed by atoms with Gasteiger partial charge in [0.05, 0.1) is 17.8 Å². The Kier molecular flexibility index (Phi) is 2.65. The molecule has 4 nitrogen and oxygen atoms in total. The molecule has 3 N–H and O–H groups in total. The van der Waals surface area contributed by atoms with Gasteiger partial charge in [0.15, 0.2) is 5.88 Å². The smallest absolute Gasteiger partial charge is 0.196 e. The van der Waals surface area contributed by atoms with E-state index in [9.17, 15) is 15.3 Å². The van der Waals surface area contributed by atoms with Crippen LogP contribution >= 0.6 is 0 Å². The van der Waals surface area contributed by atoms with Gasteiger partial charge in [-0.3, -0.25) is 4.57 Å². The number of nitrogens with zero attached hydrogens (tertiary/aromatic N) is 1. The second-order valence-electron chi connectivity index (χ2n) is 4.34. The number of phenols is 1. The van der Waals surface area contributed by atoms with Gasteiger partial charge in [-0.2, -0.15) is 0 Å². The minimum Gasteiger partial charge on any atom is -0.505 e. The highest BCUT2D eigenvalue weighted by atomic mass is 16.3. The summed E-state index contributed by atoms with van der Waals surface area (Å²) >= 11 is 0. The molecule has 0 saturated heterocycles. The van der Waals surface area contributed by atoms with E-state index in [0.717, 1.165) is 10.9 Å². The number of aliphatic hydroxyl groups is 1. The van der Waals surface area contributed by atoms with Gasteiger partial charge in [-0.1, -0.05) is 30.3 Å². The summed E-state index contributed by atoms with van der Waals surface area (Å²) in [6.07, 6.45) is 0. The first-order valence-corrected chi connectivity index (χ1v) is 5.94. The van der Waals surface area contributed by atoms with Crippen LogP contribution in [0.15, 0.2) is 48.5 Å². The lowest BCUT2D eigenvalue weighted by atomic mass is 10.1. The van der Waals surface area contributed by atoms with Crippen molar-refractivity contribution < 1.29 is 15.3 Å². The van der Waals surface area contributed by atoms with E-state index < -0.39 is 0 Å². The minimum atomic E-state index is -0.250. The molecule has 19 heavy (non-hydrogen) atoms. The maximum absolute atomic E-state index is 10.2. The van der Waals surface area contributed by atoms with Gasteiger partial charge in [-0.05, 0) is 12.1 Å². The molecule has 0 saturated carbocycles. The van der Waals surface area contributed by atoms with Crippen molar-refractivity contribution >= 4 is 10.9 Å². The molecular weight excluding hydrogens is 242 g/mol. The third kappa shape index (κ3) is 1.73.